The fourth-order valence-corrected chi connectivity index (χ4v) is 2.23. The zero-order valence-electron chi connectivity index (χ0n) is 9.15. The van der Waals surface area contributed by atoms with E-state index in [-0.39, 0.29) is 11.9 Å². The van der Waals surface area contributed by atoms with E-state index in [0.717, 1.165) is 17.7 Å². The fraction of sp³-hybridized carbons (Fsp3) is 0.600. The van der Waals surface area contributed by atoms with Crippen molar-refractivity contribution < 1.29 is 9.53 Å². The molecule has 15 heavy (non-hydrogen) atoms. The minimum absolute atomic E-state index is 0.0312. The van der Waals surface area contributed by atoms with Crippen molar-refractivity contribution >= 4 is 5.97 Å². The highest BCUT2D eigenvalue weighted by atomic mass is 16.5. The molecule has 82 valence electrons. The Labute approximate surface area is 88.2 Å². The summed E-state index contributed by atoms with van der Waals surface area (Å²) in [6.45, 7) is 1.94. The Kier molecular flexibility index (Phi) is 2.08. The summed E-state index contributed by atoms with van der Waals surface area (Å²) in [6, 6.07) is 0. The molecule has 0 fully saturated rings. The molecular formula is C10H15N3O2. The molecule has 1 aromatic rings. The van der Waals surface area contributed by atoms with Crippen LogP contribution in [0.2, 0.25) is 0 Å². The Morgan fingerprint density at radius 2 is 2.47 bits per heavy atom. The van der Waals surface area contributed by atoms with Gasteiger partial charge in [0, 0.05) is 18.8 Å². The lowest BCUT2D eigenvalue weighted by molar-refractivity contribution is -0.149. The van der Waals surface area contributed by atoms with Gasteiger partial charge in [-0.25, -0.2) is 4.79 Å². The summed E-state index contributed by atoms with van der Waals surface area (Å²) < 4.78 is 6.45. The molecule has 0 bridgehead atoms. The van der Waals surface area contributed by atoms with Crippen LogP contribution in [0, 0.1) is 5.92 Å². The van der Waals surface area contributed by atoms with Gasteiger partial charge in [-0.3, -0.25) is 4.68 Å². The highest BCUT2D eigenvalue weighted by molar-refractivity contribution is 5.84. The van der Waals surface area contributed by atoms with Gasteiger partial charge in [0.1, 0.15) is 5.54 Å². The van der Waals surface area contributed by atoms with Crippen molar-refractivity contribution in [3.63, 3.8) is 0 Å². The van der Waals surface area contributed by atoms with Crippen molar-refractivity contribution in [3.05, 3.63) is 17.5 Å². The first-order chi connectivity index (χ1) is 7.00. The Bertz CT molecular complexity index is 413. The highest BCUT2D eigenvalue weighted by Crippen LogP contribution is 2.39. The quantitative estimate of drug-likeness (QED) is 0.658. The normalized spacial score (nSPS) is 28.9. The second-order valence-electron chi connectivity index (χ2n) is 4.13. The summed E-state index contributed by atoms with van der Waals surface area (Å²) in [5, 5.41) is 4.28. The van der Waals surface area contributed by atoms with Gasteiger partial charge < -0.3 is 10.5 Å². The minimum atomic E-state index is -1.03. The molecule has 2 unspecified atom stereocenters. The van der Waals surface area contributed by atoms with Crippen LogP contribution in [-0.4, -0.2) is 22.9 Å². The lowest BCUT2D eigenvalue weighted by Crippen LogP contribution is -2.48. The lowest BCUT2D eigenvalue weighted by Gasteiger charge is -2.26. The summed E-state index contributed by atoms with van der Waals surface area (Å²) in [6.07, 6.45) is 2.53. The van der Waals surface area contributed by atoms with Crippen molar-refractivity contribution in [2.75, 3.05) is 7.11 Å². The van der Waals surface area contributed by atoms with E-state index in [1.807, 2.05) is 14.0 Å². The van der Waals surface area contributed by atoms with Crippen LogP contribution < -0.4 is 5.73 Å². The fourth-order valence-electron chi connectivity index (χ4n) is 2.23. The Morgan fingerprint density at radius 3 is 3.07 bits per heavy atom. The summed E-state index contributed by atoms with van der Waals surface area (Å²) in [5.41, 5.74) is 6.82. The second kappa shape index (κ2) is 3.06. The predicted molar refractivity (Wildman–Crippen MR) is 54.0 cm³/mol. The van der Waals surface area contributed by atoms with Crippen LogP contribution >= 0.6 is 0 Å². The topological polar surface area (TPSA) is 70.1 Å². The van der Waals surface area contributed by atoms with E-state index in [0.29, 0.717) is 0 Å². The van der Waals surface area contributed by atoms with Gasteiger partial charge in [0.2, 0.25) is 0 Å². The molecule has 0 saturated heterocycles. The predicted octanol–water partition coefficient (Wildman–Crippen LogP) is -0.0607. The maximum atomic E-state index is 11.7. The van der Waals surface area contributed by atoms with Gasteiger partial charge in [0.15, 0.2) is 0 Å². The Hall–Kier alpha value is -1.36. The molecule has 0 aromatic carbocycles. The molecule has 1 aliphatic rings. The zero-order valence-corrected chi connectivity index (χ0v) is 9.15. The van der Waals surface area contributed by atoms with Crippen LogP contribution in [0.4, 0.5) is 0 Å². The van der Waals surface area contributed by atoms with Crippen molar-refractivity contribution in [3.8, 4) is 0 Å². The van der Waals surface area contributed by atoms with Gasteiger partial charge in [0.25, 0.3) is 0 Å². The van der Waals surface area contributed by atoms with Crippen molar-refractivity contribution in [2.45, 2.75) is 18.9 Å². The number of nitrogens with two attached hydrogens (primary N) is 1. The van der Waals surface area contributed by atoms with E-state index in [2.05, 4.69) is 5.10 Å². The molecule has 2 atom stereocenters. The lowest BCUT2D eigenvalue weighted by atomic mass is 9.86. The van der Waals surface area contributed by atoms with E-state index >= 15 is 0 Å². The average molecular weight is 209 g/mol. The first kappa shape index (κ1) is 10.2. The van der Waals surface area contributed by atoms with E-state index < -0.39 is 5.54 Å². The number of ether oxygens (including phenoxy) is 1. The Morgan fingerprint density at radius 1 is 1.80 bits per heavy atom. The first-order valence-electron chi connectivity index (χ1n) is 4.90. The number of methoxy groups -OCH3 is 1. The smallest absolute Gasteiger partial charge is 0.330 e. The van der Waals surface area contributed by atoms with Crippen molar-refractivity contribution in [1.82, 2.24) is 9.78 Å². The summed E-state index contributed by atoms with van der Waals surface area (Å²) in [7, 11) is 3.18. The summed E-state index contributed by atoms with van der Waals surface area (Å²) >= 11 is 0. The molecular weight excluding hydrogens is 194 g/mol. The van der Waals surface area contributed by atoms with Crippen LogP contribution in [-0.2, 0) is 28.5 Å². The number of aryl methyl sites for hydroxylation is 1. The SMILES string of the molecule is COC(=O)C1(N)c2cn(C)nc2CC1C. The van der Waals surface area contributed by atoms with E-state index in [9.17, 15) is 4.79 Å². The number of fused-ring (bicyclic) bond motifs is 1. The number of hydrogen-bond acceptors (Lipinski definition) is 4. The van der Waals surface area contributed by atoms with Gasteiger partial charge >= 0.3 is 5.97 Å². The number of aromatic nitrogens is 2. The maximum absolute atomic E-state index is 11.7. The number of hydrogen-bond donors (Lipinski definition) is 1. The molecule has 5 nitrogen and oxygen atoms in total. The Balaban J connectivity index is 2.52. The zero-order chi connectivity index (χ0) is 11.2. The van der Waals surface area contributed by atoms with Crippen molar-refractivity contribution in [2.24, 2.45) is 18.7 Å². The molecule has 1 heterocycles. The van der Waals surface area contributed by atoms with E-state index in [4.69, 9.17) is 10.5 Å². The van der Waals surface area contributed by atoms with Gasteiger partial charge in [-0.15, -0.1) is 0 Å². The average Bonchev–Trinajstić information content (AvgIpc) is 2.65. The monoisotopic (exact) mass is 209 g/mol. The van der Waals surface area contributed by atoms with Gasteiger partial charge in [-0.05, 0) is 12.3 Å². The maximum Gasteiger partial charge on any atom is 0.330 e. The second-order valence-corrected chi connectivity index (χ2v) is 4.13. The largest absolute Gasteiger partial charge is 0.467 e. The number of carbonyl (C=O) groups excluding carboxylic acids is 1. The number of carbonyl (C=O) groups is 1. The van der Waals surface area contributed by atoms with Crippen molar-refractivity contribution in [1.29, 1.82) is 0 Å². The third-order valence-electron chi connectivity index (χ3n) is 3.15. The number of nitrogens with zero attached hydrogens (tertiary/aromatic N) is 2. The molecule has 2 N–H and O–H groups in total. The van der Waals surface area contributed by atoms with Crippen LogP contribution in [0.3, 0.4) is 0 Å². The molecule has 2 rings (SSSR count). The molecule has 0 amide bonds. The molecule has 1 aromatic heterocycles. The third kappa shape index (κ3) is 1.19. The molecule has 0 radical (unpaired) electrons. The molecule has 5 heteroatoms. The highest BCUT2D eigenvalue weighted by Gasteiger charge is 2.50. The molecule has 0 spiro atoms. The molecule has 0 aliphatic heterocycles. The van der Waals surface area contributed by atoms with Crippen LogP contribution in [0.15, 0.2) is 6.20 Å². The van der Waals surface area contributed by atoms with Gasteiger partial charge in [-0.2, -0.15) is 5.10 Å². The van der Waals surface area contributed by atoms with E-state index in [1.54, 1.807) is 10.9 Å². The third-order valence-corrected chi connectivity index (χ3v) is 3.15. The molecule has 0 saturated carbocycles. The van der Waals surface area contributed by atoms with Crippen LogP contribution in [0.1, 0.15) is 18.2 Å². The summed E-state index contributed by atoms with van der Waals surface area (Å²) in [5.74, 6) is -0.356. The molecule has 1 aliphatic carbocycles. The standard InChI is InChI=1S/C10H15N3O2/c1-6-4-8-7(5-13(2)12-8)10(6,11)9(14)15-3/h5-6H,4,11H2,1-3H3. The van der Waals surface area contributed by atoms with E-state index in [1.165, 1.54) is 7.11 Å². The van der Waals surface area contributed by atoms with Crippen LogP contribution in [0.25, 0.3) is 0 Å². The number of rotatable bonds is 1. The van der Waals surface area contributed by atoms with Crippen LogP contribution in [0.5, 0.6) is 0 Å². The summed E-state index contributed by atoms with van der Waals surface area (Å²) in [4.78, 5) is 11.7. The minimum Gasteiger partial charge on any atom is -0.467 e. The first-order valence-corrected chi connectivity index (χ1v) is 4.90. The number of esters is 1. The van der Waals surface area contributed by atoms with Gasteiger partial charge in [0.05, 0.1) is 12.8 Å². The van der Waals surface area contributed by atoms with Gasteiger partial charge in [-0.1, -0.05) is 6.92 Å².